The van der Waals surface area contributed by atoms with Gasteiger partial charge in [-0.15, -0.1) is 0 Å². The summed E-state index contributed by atoms with van der Waals surface area (Å²) in [6.45, 7) is 4.30. The number of benzene rings is 1. The number of unbranched alkanes of at least 4 members (excludes halogenated alkanes) is 2. The van der Waals surface area contributed by atoms with Crippen molar-refractivity contribution in [3.63, 3.8) is 0 Å². The van der Waals surface area contributed by atoms with Crippen LogP contribution in [0.4, 0.5) is 11.5 Å². The zero-order valence-corrected chi connectivity index (χ0v) is 17.4. The van der Waals surface area contributed by atoms with Gasteiger partial charge in [0.2, 0.25) is 5.91 Å². The third-order valence-corrected chi connectivity index (χ3v) is 4.81. The molecule has 158 valence electrons. The zero-order chi connectivity index (χ0) is 21.4. The maximum Gasteiger partial charge on any atom is 0.330 e. The highest BCUT2D eigenvalue weighted by Gasteiger charge is 2.19. The first-order valence-electron chi connectivity index (χ1n) is 10.0. The first-order valence-corrected chi connectivity index (χ1v) is 10.0. The van der Waals surface area contributed by atoms with E-state index in [0.717, 1.165) is 31.2 Å². The van der Waals surface area contributed by atoms with Crippen LogP contribution in [0, 0.1) is 0 Å². The van der Waals surface area contributed by atoms with Crippen molar-refractivity contribution >= 4 is 17.4 Å². The minimum Gasteiger partial charge on any atom is -0.383 e. The van der Waals surface area contributed by atoms with Gasteiger partial charge < -0.3 is 16.0 Å². The Morgan fingerprint density at radius 3 is 2.59 bits per heavy atom. The lowest BCUT2D eigenvalue weighted by atomic mass is 10.1. The molecule has 0 aliphatic carbocycles. The molecule has 0 fully saturated rings. The Hall–Kier alpha value is -3.03. The van der Waals surface area contributed by atoms with E-state index >= 15 is 0 Å². The molecule has 1 amide bonds. The van der Waals surface area contributed by atoms with Crippen LogP contribution >= 0.6 is 0 Å². The lowest BCUT2D eigenvalue weighted by Crippen LogP contribution is -2.43. The van der Waals surface area contributed by atoms with Crippen LogP contribution in [0.25, 0.3) is 0 Å². The van der Waals surface area contributed by atoms with Gasteiger partial charge in [-0.3, -0.25) is 19.1 Å². The molecule has 1 aromatic heterocycles. The quantitative estimate of drug-likeness (QED) is 0.524. The smallest absolute Gasteiger partial charge is 0.330 e. The number of H-pyrrole nitrogens is 1. The van der Waals surface area contributed by atoms with Gasteiger partial charge in [0.15, 0.2) is 0 Å². The Labute approximate surface area is 170 Å². The number of nitrogens with two attached hydrogens (primary N) is 1. The molecule has 1 atom stereocenters. The van der Waals surface area contributed by atoms with E-state index in [0.29, 0.717) is 0 Å². The number of amides is 1. The Kier molecular flexibility index (Phi) is 8.06. The van der Waals surface area contributed by atoms with E-state index in [1.165, 1.54) is 9.47 Å². The minimum absolute atomic E-state index is 0.0328. The van der Waals surface area contributed by atoms with E-state index in [1.807, 2.05) is 37.3 Å². The summed E-state index contributed by atoms with van der Waals surface area (Å²) >= 11 is 0. The molecular formula is C21H31N5O3. The van der Waals surface area contributed by atoms with Crippen molar-refractivity contribution in [2.45, 2.75) is 52.1 Å². The molecule has 29 heavy (non-hydrogen) atoms. The van der Waals surface area contributed by atoms with Crippen molar-refractivity contribution < 1.29 is 4.79 Å². The maximum atomic E-state index is 12.4. The number of aromatic amines is 1. The number of carbonyl (C=O) groups excluding carboxylic acids is 1. The number of carbonyl (C=O) groups is 1. The normalized spacial score (nSPS) is 11.8. The molecule has 0 aliphatic heterocycles. The van der Waals surface area contributed by atoms with Crippen LogP contribution in [0.5, 0.6) is 0 Å². The van der Waals surface area contributed by atoms with E-state index in [9.17, 15) is 14.4 Å². The lowest BCUT2D eigenvalue weighted by molar-refractivity contribution is -0.120. The average Bonchev–Trinajstić information content (AvgIpc) is 2.65. The van der Waals surface area contributed by atoms with E-state index in [4.69, 9.17) is 5.73 Å². The molecule has 1 unspecified atom stereocenters. The molecule has 0 spiro atoms. The second-order valence-electron chi connectivity index (χ2n) is 7.39. The summed E-state index contributed by atoms with van der Waals surface area (Å²) in [5.74, 6) is -0.162. The number of likely N-dealkylation sites (N-methyl/N-ethyl adjacent to an activating group) is 1. The van der Waals surface area contributed by atoms with Crippen LogP contribution in [0.2, 0.25) is 0 Å². The third kappa shape index (κ3) is 6.23. The molecule has 0 bridgehead atoms. The van der Waals surface area contributed by atoms with Crippen LogP contribution in [0.1, 0.15) is 45.1 Å². The summed E-state index contributed by atoms with van der Waals surface area (Å²) in [5.41, 5.74) is 5.95. The van der Waals surface area contributed by atoms with Crippen molar-refractivity contribution in [3.05, 3.63) is 56.7 Å². The van der Waals surface area contributed by atoms with Crippen molar-refractivity contribution in [2.24, 2.45) is 0 Å². The number of nitrogens with zero attached hydrogens (tertiary/aromatic N) is 2. The highest BCUT2D eigenvalue weighted by molar-refractivity contribution is 5.82. The summed E-state index contributed by atoms with van der Waals surface area (Å²) in [5, 5.41) is 2.94. The number of nitrogens with one attached hydrogen (secondary N) is 2. The number of aromatic nitrogens is 2. The second-order valence-corrected chi connectivity index (χ2v) is 7.39. The molecule has 0 saturated carbocycles. The molecule has 2 aromatic rings. The Bertz CT molecular complexity index is 920. The molecule has 1 heterocycles. The van der Waals surface area contributed by atoms with Gasteiger partial charge in [0, 0.05) is 13.1 Å². The first kappa shape index (κ1) is 22.3. The lowest BCUT2D eigenvalue weighted by Gasteiger charge is -2.22. The predicted molar refractivity (Wildman–Crippen MR) is 116 cm³/mol. The molecule has 4 N–H and O–H groups in total. The van der Waals surface area contributed by atoms with Crippen molar-refractivity contribution in [3.8, 4) is 0 Å². The molecular weight excluding hydrogens is 370 g/mol. The fourth-order valence-corrected chi connectivity index (χ4v) is 3.26. The maximum absolute atomic E-state index is 12.4. The van der Waals surface area contributed by atoms with Crippen LogP contribution in [-0.2, 0) is 11.3 Å². The highest BCUT2D eigenvalue weighted by atomic mass is 16.2. The fraction of sp³-hybridized carbons (Fsp3) is 0.476. The molecule has 0 radical (unpaired) electrons. The molecule has 2 rings (SSSR count). The van der Waals surface area contributed by atoms with Crippen LogP contribution < -0.4 is 27.2 Å². The van der Waals surface area contributed by atoms with E-state index in [-0.39, 0.29) is 36.5 Å². The largest absolute Gasteiger partial charge is 0.383 e. The van der Waals surface area contributed by atoms with E-state index < -0.39 is 11.2 Å². The Morgan fingerprint density at radius 2 is 1.93 bits per heavy atom. The van der Waals surface area contributed by atoms with Crippen molar-refractivity contribution in [1.29, 1.82) is 0 Å². The first-order chi connectivity index (χ1) is 13.8. The number of hydrogen-bond acceptors (Lipinski definition) is 5. The molecule has 8 nitrogen and oxygen atoms in total. The predicted octanol–water partition coefficient (Wildman–Crippen LogP) is 1.69. The molecule has 8 heteroatoms. The summed E-state index contributed by atoms with van der Waals surface area (Å²) in [6.07, 6.45) is 4.23. The van der Waals surface area contributed by atoms with Gasteiger partial charge in [0.05, 0.1) is 13.1 Å². The minimum atomic E-state index is -0.608. The topological polar surface area (TPSA) is 113 Å². The SMILES string of the molecule is CCCCCC(C)NC(=O)CN(C)c1c(N)n(Cc2ccccc2)c(=O)[nH]c1=O. The van der Waals surface area contributed by atoms with Gasteiger partial charge in [0.25, 0.3) is 5.56 Å². The second kappa shape index (κ2) is 10.5. The summed E-state index contributed by atoms with van der Waals surface area (Å²) in [4.78, 5) is 40.8. The van der Waals surface area contributed by atoms with Crippen molar-refractivity contribution in [2.75, 3.05) is 24.2 Å². The standard InChI is InChI=1S/C21H31N5O3/c1-4-5-7-10-15(2)23-17(27)14-25(3)18-19(22)26(21(29)24-20(18)28)13-16-11-8-6-9-12-16/h6,8-9,11-12,15H,4-5,7,10,13-14,22H2,1-3H3,(H,23,27)(H,24,28,29). The van der Waals surface area contributed by atoms with Gasteiger partial charge in [-0.05, 0) is 18.9 Å². The zero-order valence-electron chi connectivity index (χ0n) is 17.4. The van der Waals surface area contributed by atoms with Gasteiger partial charge in [-0.2, -0.15) is 0 Å². The number of rotatable bonds is 10. The van der Waals surface area contributed by atoms with Gasteiger partial charge in [-0.1, -0.05) is 56.5 Å². The molecule has 0 aliphatic rings. The molecule has 1 aromatic carbocycles. The average molecular weight is 402 g/mol. The number of hydrogen-bond donors (Lipinski definition) is 3. The Morgan fingerprint density at radius 1 is 1.24 bits per heavy atom. The van der Waals surface area contributed by atoms with Gasteiger partial charge in [-0.25, -0.2) is 4.79 Å². The summed E-state index contributed by atoms with van der Waals surface area (Å²) in [7, 11) is 1.61. The van der Waals surface area contributed by atoms with E-state index in [2.05, 4.69) is 17.2 Å². The van der Waals surface area contributed by atoms with Crippen LogP contribution in [0.3, 0.4) is 0 Å². The van der Waals surface area contributed by atoms with Crippen LogP contribution in [-0.4, -0.2) is 35.1 Å². The van der Waals surface area contributed by atoms with Crippen molar-refractivity contribution in [1.82, 2.24) is 14.9 Å². The number of anilines is 2. The highest BCUT2D eigenvalue weighted by Crippen LogP contribution is 2.16. The molecule has 0 saturated heterocycles. The Balaban J connectivity index is 2.14. The van der Waals surface area contributed by atoms with Gasteiger partial charge >= 0.3 is 5.69 Å². The number of nitrogen functional groups attached to an aromatic ring is 1. The summed E-state index contributed by atoms with van der Waals surface area (Å²) in [6, 6.07) is 9.40. The van der Waals surface area contributed by atoms with E-state index in [1.54, 1.807) is 7.05 Å². The fourth-order valence-electron chi connectivity index (χ4n) is 3.26. The monoisotopic (exact) mass is 401 g/mol. The third-order valence-electron chi connectivity index (χ3n) is 4.81. The van der Waals surface area contributed by atoms with Gasteiger partial charge in [0.1, 0.15) is 11.5 Å². The van der Waals surface area contributed by atoms with Crippen LogP contribution in [0.15, 0.2) is 39.9 Å². The summed E-state index contributed by atoms with van der Waals surface area (Å²) < 4.78 is 1.30.